The van der Waals surface area contributed by atoms with Crippen LogP contribution < -0.4 is 0 Å². The summed E-state index contributed by atoms with van der Waals surface area (Å²) in [6.07, 6.45) is 5.18. The second-order valence-corrected chi connectivity index (χ2v) is 8.91. The van der Waals surface area contributed by atoms with Crippen LogP contribution in [0.1, 0.15) is 44.9 Å². The number of carboxylic acids is 1. The molecule has 0 spiro atoms. The van der Waals surface area contributed by atoms with Crippen molar-refractivity contribution in [3.63, 3.8) is 0 Å². The molecule has 8 heteroatoms. The predicted molar refractivity (Wildman–Crippen MR) is 83.2 cm³/mol. The minimum atomic E-state index is -3.21. The second kappa shape index (κ2) is 6.39. The molecule has 2 heterocycles. The number of carbonyl (C=O) groups excluding carboxylic acids is 1. The predicted octanol–water partition coefficient (Wildman–Crippen LogP) is 0.656. The summed E-state index contributed by atoms with van der Waals surface area (Å²) < 4.78 is 25.0. The van der Waals surface area contributed by atoms with Crippen LogP contribution in [0, 0.1) is 5.92 Å². The Morgan fingerprint density at radius 3 is 2.52 bits per heavy atom. The fourth-order valence-corrected chi connectivity index (χ4v) is 5.86. The van der Waals surface area contributed by atoms with Gasteiger partial charge in [0.15, 0.2) is 0 Å². The van der Waals surface area contributed by atoms with Crippen LogP contribution in [0.2, 0.25) is 0 Å². The highest BCUT2D eigenvalue weighted by Gasteiger charge is 2.47. The third kappa shape index (κ3) is 3.24. The second-order valence-electron chi connectivity index (χ2n) is 6.82. The van der Waals surface area contributed by atoms with Crippen molar-refractivity contribution in [3.05, 3.63) is 0 Å². The zero-order valence-electron chi connectivity index (χ0n) is 13.2. The van der Waals surface area contributed by atoms with E-state index < -0.39 is 22.0 Å². The number of hydrogen-bond acceptors (Lipinski definition) is 4. The molecule has 3 atom stereocenters. The van der Waals surface area contributed by atoms with Crippen LogP contribution in [-0.4, -0.2) is 65.5 Å². The molecule has 0 aromatic heterocycles. The van der Waals surface area contributed by atoms with E-state index in [4.69, 9.17) is 0 Å². The van der Waals surface area contributed by atoms with Gasteiger partial charge in [-0.25, -0.2) is 17.5 Å². The molecule has 0 radical (unpaired) electrons. The van der Waals surface area contributed by atoms with Crippen molar-refractivity contribution >= 4 is 21.9 Å². The van der Waals surface area contributed by atoms with Crippen LogP contribution in [0.4, 0.5) is 0 Å². The number of nitrogens with zero attached hydrogens (tertiary/aromatic N) is 2. The summed E-state index contributed by atoms with van der Waals surface area (Å²) in [6, 6.07) is -0.724. The average Bonchev–Trinajstić information content (AvgIpc) is 3.04. The number of hydrogen-bond donors (Lipinski definition) is 1. The minimum Gasteiger partial charge on any atom is -0.480 e. The zero-order valence-corrected chi connectivity index (χ0v) is 14.0. The lowest BCUT2D eigenvalue weighted by Gasteiger charge is -2.33. The Morgan fingerprint density at radius 2 is 1.87 bits per heavy atom. The van der Waals surface area contributed by atoms with Crippen molar-refractivity contribution in [1.29, 1.82) is 0 Å². The number of carbonyl (C=O) groups is 2. The fraction of sp³-hybridized carbons (Fsp3) is 0.867. The normalized spacial score (nSPS) is 33.6. The van der Waals surface area contributed by atoms with Crippen LogP contribution in [0.5, 0.6) is 0 Å². The number of amides is 1. The average molecular weight is 344 g/mol. The van der Waals surface area contributed by atoms with Crippen molar-refractivity contribution in [2.24, 2.45) is 5.92 Å². The van der Waals surface area contributed by atoms with Gasteiger partial charge in [-0.2, -0.15) is 0 Å². The number of aliphatic carboxylic acids is 1. The molecule has 130 valence electrons. The standard InChI is InChI=1S/C15H24N2O5S/c18-14(6-8-16-7-3-9-23(16,21)22)17-12-5-2-1-4-11(12)10-13(17)15(19)20/h11-13H,1-10H2,(H,19,20)/t11-,12+,13+/m1/s1. The highest BCUT2D eigenvalue weighted by atomic mass is 32.2. The SMILES string of the molecule is O=C(O)[C@@H]1C[C@H]2CCCC[C@@H]2N1C(=O)CCN1CCCS1(=O)=O. The third-order valence-corrected chi connectivity index (χ3v) is 7.40. The van der Waals surface area contributed by atoms with Crippen molar-refractivity contribution < 1.29 is 23.1 Å². The molecule has 2 saturated heterocycles. The Kier molecular flexibility index (Phi) is 4.64. The molecule has 3 rings (SSSR count). The summed E-state index contributed by atoms with van der Waals surface area (Å²) in [7, 11) is -3.21. The molecule has 7 nitrogen and oxygen atoms in total. The van der Waals surface area contributed by atoms with Gasteiger partial charge in [0.2, 0.25) is 15.9 Å². The number of likely N-dealkylation sites (tertiary alicyclic amines) is 1. The maximum Gasteiger partial charge on any atom is 0.326 e. The first-order chi connectivity index (χ1) is 10.9. The third-order valence-electron chi connectivity index (χ3n) is 5.44. The largest absolute Gasteiger partial charge is 0.480 e. The van der Waals surface area contributed by atoms with Crippen molar-refractivity contribution in [2.45, 2.75) is 57.0 Å². The molecule has 0 aromatic carbocycles. The van der Waals surface area contributed by atoms with Crippen molar-refractivity contribution in [2.75, 3.05) is 18.8 Å². The Morgan fingerprint density at radius 1 is 1.13 bits per heavy atom. The van der Waals surface area contributed by atoms with Gasteiger partial charge < -0.3 is 10.0 Å². The van der Waals surface area contributed by atoms with Gasteiger partial charge in [0, 0.05) is 25.6 Å². The summed E-state index contributed by atoms with van der Waals surface area (Å²) in [5.74, 6) is -0.729. The van der Waals surface area contributed by atoms with Gasteiger partial charge in [0.25, 0.3) is 0 Å². The lowest BCUT2D eigenvalue weighted by atomic mass is 9.84. The van der Waals surface area contributed by atoms with E-state index in [1.807, 2.05) is 0 Å². The summed E-state index contributed by atoms with van der Waals surface area (Å²) in [5, 5.41) is 9.44. The Labute approximate surface area is 136 Å². The van der Waals surface area contributed by atoms with Crippen molar-refractivity contribution in [1.82, 2.24) is 9.21 Å². The van der Waals surface area contributed by atoms with E-state index in [1.54, 1.807) is 4.90 Å². The molecule has 0 unspecified atom stereocenters. The van der Waals surface area contributed by atoms with Crippen LogP contribution >= 0.6 is 0 Å². The first-order valence-corrected chi connectivity index (χ1v) is 10.0. The van der Waals surface area contributed by atoms with Gasteiger partial charge in [-0.3, -0.25) is 4.79 Å². The Hall–Kier alpha value is -1.15. The topological polar surface area (TPSA) is 95.0 Å². The number of carboxylic acid groups (broad SMARTS) is 1. The maximum absolute atomic E-state index is 12.6. The molecule has 0 aromatic rings. The lowest BCUT2D eigenvalue weighted by Crippen LogP contribution is -2.47. The summed E-state index contributed by atoms with van der Waals surface area (Å²) >= 11 is 0. The maximum atomic E-state index is 12.6. The Bertz CT molecular complexity index is 591. The first kappa shape index (κ1) is 16.7. The van der Waals surface area contributed by atoms with Gasteiger partial charge in [0.05, 0.1) is 5.75 Å². The van der Waals surface area contributed by atoms with E-state index in [-0.39, 0.29) is 36.6 Å². The molecule has 3 aliphatic rings. The molecule has 1 aliphatic carbocycles. The number of sulfonamides is 1. The highest BCUT2D eigenvalue weighted by molar-refractivity contribution is 7.89. The van der Waals surface area contributed by atoms with Gasteiger partial charge in [-0.1, -0.05) is 12.8 Å². The van der Waals surface area contributed by atoms with E-state index in [9.17, 15) is 23.1 Å². The molecule has 1 saturated carbocycles. The number of fused-ring (bicyclic) bond motifs is 1. The molecule has 3 fully saturated rings. The summed E-state index contributed by atoms with van der Waals surface area (Å²) in [5.41, 5.74) is 0. The molecular weight excluding hydrogens is 320 g/mol. The highest BCUT2D eigenvalue weighted by Crippen LogP contribution is 2.40. The van der Waals surface area contributed by atoms with E-state index in [0.29, 0.717) is 19.4 Å². The van der Waals surface area contributed by atoms with Crippen LogP contribution in [0.15, 0.2) is 0 Å². The monoisotopic (exact) mass is 344 g/mol. The van der Waals surface area contributed by atoms with Gasteiger partial charge >= 0.3 is 5.97 Å². The van der Waals surface area contributed by atoms with E-state index in [0.717, 1.165) is 25.7 Å². The van der Waals surface area contributed by atoms with Gasteiger partial charge in [-0.05, 0) is 31.6 Å². The quantitative estimate of drug-likeness (QED) is 0.808. The van der Waals surface area contributed by atoms with E-state index in [2.05, 4.69) is 0 Å². The summed E-state index contributed by atoms with van der Waals surface area (Å²) in [4.78, 5) is 25.7. The smallest absolute Gasteiger partial charge is 0.326 e. The van der Waals surface area contributed by atoms with Crippen molar-refractivity contribution in [3.8, 4) is 0 Å². The van der Waals surface area contributed by atoms with Crippen LogP contribution in [0.3, 0.4) is 0 Å². The summed E-state index contributed by atoms with van der Waals surface area (Å²) in [6.45, 7) is 0.630. The number of rotatable bonds is 4. The zero-order chi connectivity index (χ0) is 16.6. The van der Waals surface area contributed by atoms with Gasteiger partial charge in [0.1, 0.15) is 6.04 Å². The molecule has 2 aliphatic heterocycles. The van der Waals surface area contributed by atoms with Crippen LogP contribution in [-0.2, 0) is 19.6 Å². The molecule has 0 bridgehead atoms. The molecular formula is C15H24N2O5S. The lowest BCUT2D eigenvalue weighted by molar-refractivity contribution is -0.149. The fourth-order valence-electron chi connectivity index (χ4n) is 4.33. The van der Waals surface area contributed by atoms with Crippen LogP contribution in [0.25, 0.3) is 0 Å². The molecule has 23 heavy (non-hydrogen) atoms. The minimum absolute atomic E-state index is 0.0209. The van der Waals surface area contributed by atoms with Gasteiger partial charge in [-0.15, -0.1) is 0 Å². The molecule has 1 amide bonds. The molecule has 1 N–H and O–H groups in total. The van der Waals surface area contributed by atoms with E-state index >= 15 is 0 Å². The first-order valence-electron chi connectivity index (χ1n) is 8.42. The Balaban J connectivity index is 1.67. The van der Waals surface area contributed by atoms with E-state index in [1.165, 1.54) is 4.31 Å².